The highest BCUT2D eigenvalue weighted by Gasteiger charge is 2.60. The van der Waals surface area contributed by atoms with Crippen LogP contribution < -0.4 is 26.6 Å². The Hall–Kier alpha value is -5.44. The molecule has 0 radical (unpaired) electrons. The smallest absolute Gasteiger partial charge is 0.258 e. The first-order chi connectivity index (χ1) is 28.0. The minimum Gasteiger partial charge on any atom is -0.385 e. The highest BCUT2D eigenvalue weighted by molar-refractivity contribution is 6.20. The van der Waals surface area contributed by atoms with Gasteiger partial charge in [0.05, 0.1) is 23.2 Å². The van der Waals surface area contributed by atoms with Crippen molar-refractivity contribution in [3.8, 4) is 0 Å². The predicted octanol–water partition coefficient (Wildman–Crippen LogP) is 4.81. The van der Waals surface area contributed by atoms with Crippen LogP contribution >= 0.6 is 0 Å². The number of nitrogens with one attached hydrogen (secondary N) is 5. The summed E-state index contributed by atoms with van der Waals surface area (Å²) in [6.45, 7) is 3.15. The van der Waals surface area contributed by atoms with Crippen LogP contribution in [0.25, 0.3) is 10.9 Å². The number of anilines is 3. The number of benzene rings is 2. The van der Waals surface area contributed by atoms with Gasteiger partial charge in [-0.3, -0.25) is 49.4 Å². The van der Waals surface area contributed by atoms with Gasteiger partial charge in [0.15, 0.2) is 0 Å². The summed E-state index contributed by atoms with van der Waals surface area (Å²) in [7, 11) is 3.46. The molecule has 0 saturated carbocycles. The fourth-order valence-corrected chi connectivity index (χ4v) is 8.23. The van der Waals surface area contributed by atoms with Gasteiger partial charge in [0.1, 0.15) is 12.3 Å². The molecule has 0 bridgehead atoms. The molecule has 1 aliphatic carbocycles. The molecule has 6 N–H and O–H groups in total. The van der Waals surface area contributed by atoms with Gasteiger partial charge in [0.25, 0.3) is 5.91 Å². The number of carbonyl (C=O) groups is 5. The van der Waals surface area contributed by atoms with Crippen molar-refractivity contribution < 1.29 is 29.1 Å². The molecule has 1 aromatic heterocycles. The highest BCUT2D eigenvalue weighted by Crippen LogP contribution is 2.46. The number of likely N-dealkylation sites (N-methyl/N-ethyl adjacent to an activating group) is 1. The maximum Gasteiger partial charge on any atom is 0.258 e. The Labute approximate surface area is 339 Å². The molecule has 4 unspecified atom stereocenters. The molecule has 2 fully saturated rings. The molecule has 3 aliphatic rings. The van der Waals surface area contributed by atoms with Gasteiger partial charge in [0, 0.05) is 59.6 Å². The number of hydrogen-bond donors (Lipinski definition) is 6. The first-order valence-electron chi connectivity index (χ1n) is 20.4. The maximum absolute atomic E-state index is 13.8. The predicted molar refractivity (Wildman–Crippen MR) is 224 cm³/mol. The van der Waals surface area contributed by atoms with Crippen molar-refractivity contribution in [3.05, 3.63) is 84.1 Å². The second-order valence-corrected chi connectivity index (χ2v) is 15.6. The number of fused-ring (bicyclic) bond motifs is 2. The van der Waals surface area contributed by atoms with Gasteiger partial charge >= 0.3 is 0 Å². The SMILES string of the molecule is CNC(O)c1cnc2ccc(NCCCCCCCCCCNC(=O)CN(C)C3C=CC=C4C(=O)N(C5CCC(=O)NC5=O)C(=O)C43C)cc2c1Nc1ccccc1. The lowest BCUT2D eigenvalue weighted by atomic mass is 9.73. The van der Waals surface area contributed by atoms with E-state index < -0.39 is 47.4 Å². The summed E-state index contributed by atoms with van der Waals surface area (Å²) in [4.78, 5) is 71.7. The van der Waals surface area contributed by atoms with Crippen molar-refractivity contribution in [2.75, 3.05) is 44.4 Å². The summed E-state index contributed by atoms with van der Waals surface area (Å²) in [6.07, 6.45) is 14.8. The summed E-state index contributed by atoms with van der Waals surface area (Å²) in [5.74, 6) is -2.26. The molecule has 58 heavy (non-hydrogen) atoms. The fourth-order valence-electron chi connectivity index (χ4n) is 8.23. The largest absolute Gasteiger partial charge is 0.385 e. The molecule has 2 aliphatic heterocycles. The molecule has 4 atom stereocenters. The number of imide groups is 2. The van der Waals surface area contributed by atoms with E-state index in [-0.39, 0.29) is 30.9 Å². The van der Waals surface area contributed by atoms with Crippen molar-refractivity contribution in [3.63, 3.8) is 0 Å². The number of pyridine rings is 1. The Morgan fingerprint density at radius 3 is 2.40 bits per heavy atom. The van der Waals surface area contributed by atoms with Crippen LogP contribution in [0, 0.1) is 5.41 Å². The number of piperidine rings is 1. The summed E-state index contributed by atoms with van der Waals surface area (Å²) in [6, 6.07) is 14.4. The van der Waals surface area contributed by atoms with Crippen molar-refractivity contribution in [2.24, 2.45) is 5.41 Å². The van der Waals surface area contributed by atoms with E-state index in [1.165, 1.54) is 0 Å². The van der Waals surface area contributed by atoms with E-state index in [1.807, 2.05) is 48.5 Å². The van der Waals surface area contributed by atoms with Gasteiger partial charge in [-0.2, -0.15) is 0 Å². The van der Waals surface area contributed by atoms with E-state index in [2.05, 4.69) is 37.6 Å². The zero-order chi connectivity index (χ0) is 41.2. The highest BCUT2D eigenvalue weighted by atomic mass is 16.3. The summed E-state index contributed by atoms with van der Waals surface area (Å²) >= 11 is 0. The van der Waals surface area contributed by atoms with Crippen LogP contribution in [-0.4, -0.2) is 95.2 Å². The number of amides is 5. The normalized spacial score (nSPS) is 20.9. The van der Waals surface area contributed by atoms with Crippen molar-refractivity contribution in [1.29, 1.82) is 0 Å². The average Bonchev–Trinajstić information content (AvgIpc) is 3.41. The number of hydrogen-bond acceptors (Lipinski definition) is 11. The lowest BCUT2D eigenvalue weighted by molar-refractivity contribution is -0.152. The quantitative estimate of drug-likeness (QED) is 0.0524. The summed E-state index contributed by atoms with van der Waals surface area (Å²) < 4.78 is 0. The molecule has 3 aromatic rings. The number of aliphatic hydroxyl groups excluding tert-OH is 1. The molecule has 308 valence electrons. The lowest BCUT2D eigenvalue weighted by Crippen LogP contribution is -2.56. The third-order valence-corrected chi connectivity index (χ3v) is 11.5. The van der Waals surface area contributed by atoms with Gasteiger partial charge in [-0.25, -0.2) is 0 Å². The van der Waals surface area contributed by atoms with Crippen LogP contribution in [0.3, 0.4) is 0 Å². The number of allylic oxidation sites excluding steroid dienone is 2. The zero-order valence-electron chi connectivity index (χ0n) is 33.7. The minimum absolute atomic E-state index is 0.0406. The Morgan fingerprint density at radius 1 is 0.983 bits per heavy atom. The molecule has 14 heteroatoms. The Kier molecular flexibility index (Phi) is 14.1. The molecule has 6 rings (SSSR count). The van der Waals surface area contributed by atoms with E-state index in [0.717, 1.165) is 90.8 Å². The van der Waals surface area contributed by atoms with Gasteiger partial charge in [-0.1, -0.05) is 75.0 Å². The number of aliphatic hydroxyl groups is 1. The number of nitrogens with zero attached hydrogens (tertiary/aromatic N) is 3. The van der Waals surface area contributed by atoms with Crippen molar-refractivity contribution in [1.82, 2.24) is 30.7 Å². The van der Waals surface area contributed by atoms with Gasteiger partial charge in [0.2, 0.25) is 23.6 Å². The van der Waals surface area contributed by atoms with Crippen LogP contribution in [-0.2, 0) is 24.0 Å². The number of aromatic nitrogens is 1. The topological polar surface area (TPSA) is 185 Å². The molecular formula is C44H56N8O6. The maximum atomic E-state index is 13.8. The first kappa shape index (κ1) is 42.2. The number of likely N-dealkylation sites (tertiary alicyclic amines) is 1. The Balaban J connectivity index is 0.858. The second-order valence-electron chi connectivity index (χ2n) is 15.6. The Morgan fingerprint density at radius 2 is 1.69 bits per heavy atom. The van der Waals surface area contributed by atoms with Crippen LogP contribution in [0.1, 0.15) is 82.9 Å². The minimum atomic E-state index is -1.26. The lowest BCUT2D eigenvalue weighted by Gasteiger charge is -2.38. The Bertz CT molecular complexity index is 2050. The van der Waals surface area contributed by atoms with Crippen LogP contribution in [0.2, 0.25) is 0 Å². The summed E-state index contributed by atoms with van der Waals surface area (Å²) in [5.41, 5.74) is 3.29. The van der Waals surface area contributed by atoms with Crippen LogP contribution in [0.5, 0.6) is 0 Å². The fraction of sp³-hybridized carbons (Fsp3) is 0.455. The number of para-hydroxylation sites is 1. The molecule has 2 aromatic carbocycles. The summed E-state index contributed by atoms with van der Waals surface area (Å²) in [5, 5.41) is 26.8. The van der Waals surface area contributed by atoms with Crippen LogP contribution in [0.15, 0.2) is 78.5 Å². The molecule has 0 spiro atoms. The van der Waals surface area contributed by atoms with Crippen molar-refractivity contribution in [2.45, 2.75) is 89.4 Å². The van der Waals surface area contributed by atoms with E-state index in [0.29, 0.717) is 12.1 Å². The molecule has 14 nitrogen and oxygen atoms in total. The third kappa shape index (κ3) is 9.46. The second kappa shape index (κ2) is 19.3. The van der Waals surface area contributed by atoms with Crippen molar-refractivity contribution >= 4 is 57.5 Å². The molecular weight excluding hydrogens is 737 g/mol. The first-order valence-corrected chi connectivity index (χ1v) is 20.4. The zero-order valence-corrected chi connectivity index (χ0v) is 33.7. The third-order valence-electron chi connectivity index (χ3n) is 11.5. The molecule has 3 heterocycles. The average molecular weight is 793 g/mol. The number of unbranched alkanes of at least 4 members (excludes halogenated alkanes) is 7. The molecule has 5 amide bonds. The van der Waals surface area contributed by atoms with E-state index in [4.69, 9.17) is 0 Å². The standard InChI is InChI=1S/C44H56N8O6/c1-44-33(42(57)52(43(44)58)35-22-23-37(53)50-41(35)56)18-15-19-36(44)51(3)28-38(54)47-25-14-9-7-5-4-6-8-13-24-46-30-20-21-34-31(26-30)39(32(27-48-34)40(55)45-2)49-29-16-11-10-12-17-29/h10-12,15-21,26-27,35-36,40,45-46,55H,4-9,13-14,22-25,28H2,1-3H3,(H,47,54)(H,48,49)(H,50,53,56). The number of carbonyl (C=O) groups excluding carboxylic acids is 5. The monoisotopic (exact) mass is 792 g/mol. The van der Waals surface area contributed by atoms with E-state index >= 15 is 0 Å². The van der Waals surface area contributed by atoms with Crippen LogP contribution in [0.4, 0.5) is 17.1 Å². The van der Waals surface area contributed by atoms with Gasteiger partial charge in [-0.05, 0) is 70.6 Å². The van der Waals surface area contributed by atoms with Gasteiger partial charge in [-0.15, -0.1) is 0 Å². The van der Waals surface area contributed by atoms with E-state index in [1.54, 1.807) is 44.3 Å². The number of rotatable bonds is 20. The molecule has 2 saturated heterocycles. The van der Waals surface area contributed by atoms with E-state index in [9.17, 15) is 29.1 Å². The van der Waals surface area contributed by atoms with Gasteiger partial charge < -0.3 is 21.1 Å².